The predicted octanol–water partition coefficient (Wildman–Crippen LogP) is 4.62. The number of benzene rings is 2. The monoisotopic (exact) mass is 273 g/mol. The molecule has 0 aliphatic carbocycles. The molecule has 2 nitrogen and oxygen atoms in total. The summed E-state index contributed by atoms with van der Waals surface area (Å²) in [5.74, 6) is 0. The molecule has 98 valence electrons. The van der Waals surface area contributed by atoms with Crippen LogP contribution in [0.2, 0.25) is 5.02 Å². The maximum atomic E-state index is 11.2. The number of para-hydroxylation sites is 1. The number of halogens is 1. The molecule has 0 aliphatic rings. The topological polar surface area (TPSA) is 20.3 Å². The highest BCUT2D eigenvalue weighted by atomic mass is 35.5. The third kappa shape index (κ3) is 2.79. The van der Waals surface area contributed by atoms with Crippen molar-refractivity contribution >= 4 is 29.3 Å². The first kappa shape index (κ1) is 13.6. The van der Waals surface area contributed by atoms with Crippen LogP contribution in [-0.4, -0.2) is 12.8 Å². The summed E-state index contributed by atoms with van der Waals surface area (Å²) >= 11 is 6.27. The summed E-state index contributed by atoms with van der Waals surface area (Å²) in [6, 6.07) is 13.5. The summed E-state index contributed by atoms with van der Waals surface area (Å²) < 4.78 is 0. The van der Waals surface area contributed by atoms with E-state index in [1.807, 2.05) is 38.1 Å². The summed E-state index contributed by atoms with van der Waals surface area (Å²) in [6.45, 7) is 4.83. The van der Waals surface area contributed by atoms with Crippen LogP contribution in [0.1, 0.15) is 22.8 Å². The number of carbonyl (C=O) groups is 1. The Kier molecular flexibility index (Phi) is 4.23. The van der Waals surface area contributed by atoms with E-state index >= 15 is 0 Å². The molecule has 0 aromatic heterocycles. The molecule has 0 unspecified atom stereocenters. The first-order chi connectivity index (χ1) is 9.17. The summed E-state index contributed by atoms with van der Waals surface area (Å²) in [4.78, 5) is 13.3. The second-order valence-corrected chi connectivity index (χ2v) is 4.79. The summed E-state index contributed by atoms with van der Waals surface area (Å²) in [7, 11) is 0. The van der Waals surface area contributed by atoms with Crippen molar-refractivity contribution in [2.45, 2.75) is 13.8 Å². The molecule has 0 spiro atoms. The fourth-order valence-corrected chi connectivity index (χ4v) is 2.46. The molecule has 0 amide bonds. The number of hydrogen-bond acceptors (Lipinski definition) is 2. The van der Waals surface area contributed by atoms with Gasteiger partial charge in [-0.05, 0) is 43.7 Å². The van der Waals surface area contributed by atoms with E-state index in [0.717, 1.165) is 24.2 Å². The number of hydrogen-bond donors (Lipinski definition) is 0. The SMILES string of the molecule is CCN(c1cccc(C)c1)c1c(Cl)cccc1C=O. The molecule has 0 radical (unpaired) electrons. The van der Waals surface area contributed by atoms with E-state index in [1.54, 1.807) is 12.1 Å². The lowest BCUT2D eigenvalue weighted by atomic mass is 10.1. The molecular formula is C16H16ClNO. The van der Waals surface area contributed by atoms with Gasteiger partial charge in [0.2, 0.25) is 0 Å². The molecule has 0 saturated heterocycles. The zero-order valence-corrected chi connectivity index (χ0v) is 11.8. The second-order valence-electron chi connectivity index (χ2n) is 4.38. The number of aryl methyl sites for hydroxylation is 1. The average Bonchev–Trinajstić information content (AvgIpc) is 2.41. The molecule has 2 rings (SSSR count). The normalized spacial score (nSPS) is 10.3. The van der Waals surface area contributed by atoms with Crippen molar-refractivity contribution in [3.63, 3.8) is 0 Å². The first-order valence-corrected chi connectivity index (χ1v) is 6.63. The number of aldehydes is 1. The Labute approximate surface area is 118 Å². The fraction of sp³-hybridized carbons (Fsp3) is 0.188. The van der Waals surface area contributed by atoms with Gasteiger partial charge in [0.1, 0.15) is 0 Å². The van der Waals surface area contributed by atoms with Crippen LogP contribution in [0.25, 0.3) is 0 Å². The lowest BCUT2D eigenvalue weighted by Gasteiger charge is -2.26. The summed E-state index contributed by atoms with van der Waals surface area (Å²) in [6.07, 6.45) is 0.847. The lowest BCUT2D eigenvalue weighted by molar-refractivity contribution is 0.112. The van der Waals surface area contributed by atoms with Gasteiger partial charge in [-0.3, -0.25) is 4.79 Å². The Bertz CT molecular complexity index is 595. The van der Waals surface area contributed by atoms with Crippen molar-refractivity contribution < 1.29 is 4.79 Å². The van der Waals surface area contributed by atoms with Gasteiger partial charge in [-0.25, -0.2) is 0 Å². The van der Waals surface area contributed by atoms with Crippen LogP contribution in [-0.2, 0) is 0 Å². The van der Waals surface area contributed by atoms with Crippen molar-refractivity contribution in [2.75, 3.05) is 11.4 Å². The number of nitrogens with zero attached hydrogens (tertiary/aromatic N) is 1. The van der Waals surface area contributed by atoms with Crippen LogP contribution in [0.5, 0.6) is 0 Å². The number of rotatable bonds is 4. The van der Waals surface area contributed by atoms with Crippen molar-refractivity contribution in [3.05, 3.63) is 58.6 Å². The van der Waals surface area contributed by atoms with E-state index in [0.29, 0.717) is 10.6 Å². The fourth-order valence-electron chi connectivity index (χ4n) is 2.18. The lowest BCUT2D eigenvalue weighted by Crippen LogP contribution is -2.18. The van der Waals surface area contributed by atoms with Gasteiger partial charge in [0.05, 0.1) is 10.7 Å². The molecule has 0 aliphatic heterocycles. The van der Waals surface area contributed by atoms with Gasteiger partial charge < -0.3 is 4.90 Å². The van der Waals surface area contributed by atoms with Crippen LogP contribution in [0.4, 0.5) is 11.4 Å². The van der Waals surface area contributed by atoms with Crippen molar-refractivity contribution in [3.8, 4) is 0 Å². The Hall–Kier alpha value is -1.80. The van der Waals surface area contributed by atoms with Gasteiger partial charge in [0, 0.05) is 17.8 Å². The van der Waals surface area contributed by atoms with Crippen LogP contribution < -0.4 is 4.90 Å². The minimum absolute atomic E-state index is 0.591. The highest BCUT2D eigenvalue weighted by molar-refractivity contribution is 6.34. The third-order valence-electron chi connectivity index (χ3n) is 3.04. The molecule has 0 atom stereocenters. The zero-order chi connectivity index (χ0) is 13.8. The van der Waals surface area contributed by atoms with Crippen LogP contribution >= 0.6 is 11.6 Å². The Morgan fingerprint density at radius 1 is 1.21 bits per heavy atom. The van der Waals surface area contributed by atoms with E-state index in [4.69, 9.17) is 11.6 Å². The molecule has 2 aromatic carbocycles. The van der Waals surface area contributed by atoms with E-state index in [2.05, 4.69) is 11.0 Å². The highest BCUT2D eigenvalue weighted by Gasteiger charge is 2.15. The van der Waals surface area contributed by atoms with E-state index in [-0.39, 0.29) is 0 Å². The number of anilines is 2. The van der Waals surface area contributed by atoms with Gasteiger partial charge in [0.15, 0.2) is 6.29 Å². The van der Waals surface area contributed by atoms with Crippen molar-refractivity contribution in [1.29, 1.82) is 0 Å². The van der Waals surface area contributed by atoms with Crippen LogP contribution in [0.3, 0.4) is 0 Å². The minimum Gasteiger partial charge on any atom is -0.340 e. The number of carbonyl (C=O) groups excluding carboxylic acids is 1. The quantitative estimate of drug-likeness (QED) is 0.758. The van der Waals surface area contributed by atoms with E-state index in [9.17, 15) is 4.79 Å². The smallest absolute Gasteiger partial charge is 0.152 e. The van der Waals surface area contributed by atoms with Gasteiger partial charge >= 0.3 is 0 Å². The van der Waals surface area contributed by atoms with Gasteiger partial charge in [0.25, 0.3) is 0 Å². The molecule has 19 heavy (non-hydrogen) atoms. The van der Waals surface area contributed by atoms with Gasteiger partial charge in [-0.15, -0.1) is 0 Å². The van der Waals surface area contributed by atoms with Gasteiger partial charge in [-0.2, -0.15) is 0 Å². The third-order valence-corrected chi connectivity index (χ3v) is 3.35. The van der Waals surface area contributed by atoms with Crippen molar-refractivity contribution in [1.82, 2.24) is 0 Å². The molecule has 3 heteroatoms. The molecule has 2 aromatic rings. The standard InChI is InChI=1S/C16H16ClNO/c1-3-18(14-8-4-6-12(2)10-14)16-13(11-19)7-5-9-15(16)17/h4-11H,3H2,1-2H3. The Morgan fingerprint density at radius 3 is 2.58 bits per heavy atom. The highest BCUT2D eigenvalue weighted by Crippen LogP contribution is 2.34. The largest absolute Gasteiger partial charge is 0.340 e. The minimum atomic E-state index is 0.591. The molecule has 0 N–H and O–H groups in total. The van der Waals surface area contributed by atoms with E-state index < -0.39 is 0 Å². The van der Waals surface area contributed by atoms with Crippen LogP contribution in [0.15, 0.2) is 42.5 Å². The maximum Gasteiger partial charge on any atom is 0.152 e. The summed E-state index contributed by atoms with van der Waals surface area (Å²) in [5.41, 5.74) is 3.59. The first-order valence-electron chi connectivity index (χ1n) is 6.25. The molecule has 0 saturated carbocycles. The summed E-state index contributed by atoms with van der Waals surface area (Å²) in [5, 5.41) is 0.591. The molecule has 0 fully saturated rings. The van der Waals surface area contributed by atoms with E-state index in [1.165, 1.54) is 5.56 Å². The molecule has 0 bridgehead atoms. The average molecular weight is 274 g/mol. The van der Waals surface area contributed by atoms with Crippen molar-refractivity contribution in [2.24, 2.45) is 0 Å². The Balaban J connectivity index is 2.57. The van der Waals surface area contributed by atoms with Gasteiger partial charge in [-0.1, -0.05) is 29.8 Å². The predicted molar refractivity (Wildman–Crippen MR) is 80.7 cm³/mol. The Morgan fingerprint density at radius 2 is 1.95 bits per heavy atom. The second kappa shape index (κ2) is 5.89. The molecule has 0 heterocycles. The molecular weight excluding hydrogens is 258 g/mol. The zero-order valence-electron chi connectivity index (χ0n) is 11.1. The maximum absolute atomic E-state index is 11.2. The van der Waals surface area contributed by atoms with Crippen LogP contribution in [0, 0.1) is 6.92 Å².